The molecule has 0 saturated heterocycles. The summed E-state index contributed by atoms with van der Waals surface area (Å²) in [7, 11) is 3.31. The number of hydrogen-bond acceptors (Lipinski definition) is 8. The smallest absolute Gasteiger partial charge is 0.326 e. The molecule has 294 valence electrons. The van der Waals surface area contributed by atoms with Crippen LogP contribution in [0.1, 0.15) is 73.8 Å². The average molecular weight is 806 g/mol. The first-order chi connectivity index (χ1) is 24.5. The van der Waals surface area contributed by atoms with Crippen molar-refractivity contribution in [2.75, 3.05) is 27.2 Å². The first-order valence-corrected chi connectivity index (χ1v) is 18.5. The van der Waals surface area contributed by atoms with Crippen molar-refractivity contribution in [2.45, 2.75) is 104 Å². The summed E-state index contributed by atoms with van der Waals surface area (Å²) in [5.41, 5.74) is -0.246. The van der Waals surface area contributed by atoms with Gasteiger partial charge >= 0.3 is 5.97 Å². The highest BCUT2D eigenvalue weighted by atomic mass is 79.9. The Labute approximate surface area is 321 Å². The maximum atomic E-state index is 14.2. The zero-order chi connectivity index (χ0) is 40.4. The molecule has 0 fully saturated rings. The van der Waals surface area contributed by atoms with Crippen molar-refractivity contribution in [3.8, 4) is 0 Å². The molecule has 1 aromatic carbocycles. The molecule has 0 aromatic heterocycles. The number of aliphatic hydroxyl groups excluding tert-OH is 1. The molecule has 1 aliphatic heterocycles. The average Bonchev–Trinajstić information content (AvgIpc) is 3.38. The second-order valence-electron chi connectivity index (χ2n) is 15.4. The second kappa shape index (κ2) is 19.3. The van der Waals surface area contributed by atoms with Gasteiger partial charge < -0.3 is 41.3 Å². The lowest BCUT2D eigenvalue weighted by Gasteiger charge is -2.40. The van der Waals surface area contributed by atoms with Gasteiger partial charge in [-0.15, -0.1) is 0 Å². The van der Waals surface area contributed by atoms with Gasteiger partial charge in [-0.3, -0.25) is 24.0 Å². The summed E-state index contributed by atoms with van der Waals surface area (Å²) in [5.74, 6) is -3.74. The number of aliphatic hydroxyl groups is 1. The van der Waals surface area contributed by atoms with Crippen LogP contribution in [0, 0.1) is 11.3 Å². The van der Waals surface area contributed by atoms with Crippen molar-refractivity contribution < 1.29 is 39.0 Å². The predicted octanol–water partition coefficient (Wildman–Crippen LogP) is 2.46. The third-order valence-corrected chi connectivity index (χ3v) is 9.94. The van der Waals surface area contributed by atoms with Crippen LogP contribution in [0.4, 0.5) is 0 Å². The molecule has 0 radical (unpaired) electrons. The highest BCUT2D eigenvalue weighted by molar-refractivity contribution is 9.10. The fourth-order valence-corrected chi connectivity index (χ4v) is 6.53. The largest absolute Gasteiger partial charge is 0.480 e. The summed E-state index contributed by atoms with van der Waals surface area (Å²) in [6.45, 7) is 14.9. The van der Waals surface area contributed by atoms with E-state index < -0.39 is 59.0 Å². The van der Waals surface area contributed by atoms with Crippen molar-refractivity contribution in [3.63, 3.8) is 0 Å². The van der Waals surface area contributed by atoms with Crippen molar-refractivity contribution >= 4 is 51.4 Å². The molecule has 0 spiro atoms. The van der Waals surface area contributed by atoms with E-state index in [-0.39, 0.29) is 55.1 Å². The van der Waals surface area contributed by atoms with Gasteiger partial charge in [0.1, 0.15) is 18.3 Å². The van der Waals surface area contributed by atoms with Gasteiger partial charge in [-0.05, 0) is 55.5 Å². The molecule has 0 bridgehead atoms. The van der Waals surface area contributed by atoms with Crippen LogP contribution < -0.4 is 21.3 Å². The van der Waals surface area contributed by atoms with E-state index in [1.807, 2.05) is 72.7 Å². The zero-order valence-electron chi connectivity index (χ0n) is 32.5. The highest BCUT2D eigenvalue weighted by Gasteiger charge is 2.42. The van der Waals surface area contributed by atoms with Crippen LogP contribution in [0.2, 0.25) is 0 Å². The summed E-state index contributed by atoms with van der Waals surface area (Å²) in [6.07, 6.45) is 2.69. The minimum atomic E-state index is -1.37. The molecule has 1 aromatic rings. The molecule has 14 nitrogen and oxygen atoms in total. The van der Waals surface area contributed by atoms with E-state index >= 15 is 0 Å². The Balaban J connectivity index is 2.15. The minimum Gasteiger partial charge on any atom is -0.480 e. The van der Waals surface area contributed by atoms with Gasteiger partial charge in [0.25, 0.3) is 0 Å². The van der Waals surface area contributed by atoms with Gasteiger partial charge in [-0.25, -0.2) is 4.79 Å². The fourth-order valence-electron chi connectivity index (χ4n) is 6.13. The van der Waals surface area contributed by atoms with Crippen LogP contribution in [0.15, 0.2) is 52.5 Å². The van der Waals surface area contributed by atoms with E-state index in [2.05, 4.69) is 37.2 Å². The first kappa shape index (κ1) is 45.1. The van der Waals surface area contributed by atoms with E-state index in [9.17, 15) is 39.0 Å². The molecule has 1 aliphatic rings. The summed E-state index contributed by atoms with van der Waals surface area (Å²) in [6, 6.07) is 4.12. The summed E-state index contributed by atoms with van der Waals surface area (Å²) in [4.78, 5) is 80.1. The van der Waals surface area contributed by atoms with Crippen molar-refractivity contribution in [2.24, 2.45) is 11.3 Å². The van der Waals surface area contributed by atoms with Crippen LogP contribution >= 0.6 is 15.9 Å². The number of halogens is 1. The summed E-state index contributed by atoms with van der Waals surface area (Å²) < 4.78 is 0.880. The monoisotopic (exact) mass is 804 g/mol. The zero-order valence-corrected chi connectivity index (χ0v) is 34.0. The molecular formula is C38H57BrN6O8. The molecule has 5 amide bonds. The summed E-state index contributed by atoms with van der Waals surface area (Å²) in [5, 5.41) is 30.7. The van der Waals surface area contributed by atoms with Crippen LogP contribution in [0.3, 0.4) is 0 Å². The van der Waals surface area contributed by atoms with E-state index in [0.29, 0.717) is 0 Å². The molecular weight excluding hydrogens is 748 g/mol. The number of aliphatic carboxylic acids is 1. The number of nitrogens with one attached hydrogen (secondary N) is 4. The van der Waals surface area contributed by atoms with Gasteiger partial charge in [0.2, 0.25) is 29.5 Å². The van der Waals surface area contributed by atoms with Crippen LogP contribution in [-0.4, -0.2) is 113 Å². The number of carboxylic acid groups (broad SMARTS) is 1. The number of amides is 5. The van der Waals surface area contributed by atoms with Gasteiger partial charge in [0, 0.05) is 48.1 Å². The Hall–Kier alpha value is -4.08. The number of hydrogen-bond donors (Lipinski definition) is 6. The maximum Gasteiger partial charge on any atom is 0.326 e. The molecule has 0 aliphatic carbocycles. The molecule has 15 heteroatoms. The Morgan fingerprint density at radius 3 is 2.21 bits per heavy atom. The van der Waals surface area contributed by atoms with Gasteiger partial charge in [-0.2, -0.15) is 0 Å². The number of carboxylic acids is 1. The number of carbonyl (C=O) groups is 6. The number of benzene rings is 1. The van der Waals surface area contributed by atoms with Crippen LogP contribution in [0.25, 0.3) is 0 Å². The lowest BCUT2D eigenvalue weighted by Crippen LogP contribution is -2.61. The standard InChI is InChI=1S/C38H57BrN6O8/c1-22(2)27(20-23(3)33(49)42-26(36(52)53)14-15-28(46)41-18-19-45-29(47)16-17-30(45)48)44(10)35(51)32(37(4,5)6)43-34(50)31(40-9)38(7,8)24-12-11-13-25(39)21-24/h11-13,16-17,20-22,26-27,29,31-32,40,47H,14-15,18-19H2,1-10H3,(H,41,46)(H,42,49)(H,43,50)(H,52,53)/b23-20+/t26-,27-,29?,31-,32-/m1/s1. The Morgan fingerprint density at radius 1 is 1.06 bits per heavy atom. The normalized spacial score (nSPS) is 17.2. The van der Waals surface area contributed by atoms with E-state index in [4.69, 9.17) is 0 Å². The van der Waals surface area contributed by atoms with E-state index in [0.717, 1.165) is 14.9 Å². The lowest BCUT2D eigenvalue weighted by molar-refractivity contribution is -0.141. The van der Waals surface area contributed by atoms with Gasteiger partial charge in [0.05, 0.1) is 12.1 Å². The minimum absolute atomic E-state index is 0.0533. The third-order valence-electron chi connectivity index (χ3n) is 9.45. The van der Waals surface area contributed by atoms with Gasteiger partial charge in [0.15, 0.2) is 0 Å². The maximum absolute atomic E-state index is 14.2. The Morgan fingerprint density at radius 2 is 1.70 bits per heavy atom. The quantitative estimate of drug-likeness (QED) is 0.121. The molecule has 2 rings (SSSR count). The molecule has 5 atom stereocenters. The SMILES string of the molecule is CN[C@H](C(=O)N[C@H](C(=O)N(C)[C@H](/C=C(\C)C(=O)N[C@H](CCC(=O)NCCN1C(=O)C=CC1O)C(=O)O)C(C)C)C(C)(C)C)C(C)(C)c1cccc(Br)c1. The van der Waals surface area contributed by atoms with E-state index in [1.54, 1.807) is 20.2 Å². The van der Waals surface area contributed by atoms with Crippen molar-refractivity contribution in [3.05, 3.63) is 58.1 Å². The molecule has 6 N–H and O–H groups in total. The second-order valence-corrected chi connectivity index (χ2v) is 16.3. The fraction of sp³-hybridized carbons (Fsp3) is 0.579. The Bertz CT molecular complexity index is 1570. The molecule has 53 heavy (non-hydrogen) atoms. The van der Waals surface area contributed by atoms with Crippen molar-refractivity contribution in [1.82, 2.24) is 31.1 Å². The number of nitrogens with zero attached hydrogens (tertiary/aromatic N) is 2. The number of likely N-dealkylation sites (N-methyl/N-ethyl adjacent to an activating group) is 2. The molecule has 1 heterocycles. The Kier molecular flexibility index (Phi) is 16.4. The van der Waals surface area contributed by atoms with E-state index in [1.165, 1.54) is 24.0 Å². The lowest BCUT2D eigenvalue weighted by atomic mass is 9.76. The number of rotatable bonds is 18. The first-order valence-electron chi connectivity index (χ1n) is 17.7. The topological polar surface area (TPSA) is 197 Å². The third kappa shape index (κ3) is 12.5. The van der Waals surface area contributed by atoms with Crippen LogP contribution in [-0.2, 0) is 34.2 Å². The summed E-state index contributed by atoms with van der Waals surface area (Å²) >= 11 is 3.51. The molecule has 1 unspecified atom stereocenters. The number of carbonyl (C=O) groups excluding carboxylic acids is 5. The van der Waals surface area contributed by atoms with Crippen molar-refractivity contribution in [1.29, 1.82) is 0 Å². The van der Waals surface area contributed by atoms with Crippen LogP contribution in [0.5, 0.6) is 0 Å². The predicted molar refractivity (Wildman–Crippen MR) is 205 cm³/mol. The molecule has 0 saturated carbocycles. The highest BCUT2D eigenvalue weighted by Crippen LogP contribution is 2.30. The van der Waals surface area contributed by atoms with Gasteiger partial charge in [-0.1, -0.05) is 82.6 Å².